The van der Waals surface area contributed by atoms with Crippen LogP contribution < -0.4 is 38.3 Å². The smallest absolute Gasteiger partial charge is 0.475 e. The number of aliphatic carboxylic acids is 2. The molecule has 15 nitrogen and oxygen atoms in total. The highest BCUT2D eigenvalue weighted by Gasteiger charge is 2.38. The van der Waals surface area contributed by atoms with Crippen molar-refractivity contribution in [2.75, 3.05) is 36.0 Å². The minimum Gasteiger partial charge on any atom is -0.475 e. The molecule has 54 heavy (non-hydrogen) atoms. The number of anilines is 3. The molecule has 2 aromatic carbocycles. The summed E-state index contributed by atoms with van der Waals surface area (Å²) < 4.78 is 64.9. The lowest BCUT2D eigenvalue weighted by Gasteiger charge is -2.23. The van der Waals surface area contributed by atoms with Crippen LogP contribution in [0.4, 0.5) is 43.5 Å². The summed E-state index contributed by atoms with van der Waals surface area (Å²) in [5.41, 5.74) is 15.4. The lowest BCUT2D eigenvalue weighted by Crippen LogP contribution is -2.35. The quantitative estimate of drug-likeness (QED) is 0.0587. The SMILES string of the molecule is CC(C)Nc1ncc(-c2cc(N)cc(NCC3CCCNC3)c2)n(CC(=O)NCc2ccc(C(=N)N)cc2)c1=O.O=C(O)C(F)(F)F.O=C(O)C(F)(F)F. The van der Waals surface area contributed by atoms with Gasteiger partial charge >= 0.3 is 24.3 Å². The largest absolute Gasteiger partial charge is 0.490 e. The van der Waals surface area contributed by atoms with E-state index in [1.807, 2.05) is 26.0 Å². The number of nitrogen functional groups attached to an aromatic ring is 2. The minimum absolute atomic E-state index is 0.0104. The van der Waals surface area contributed by atoms with Crippen LogP contribution in [-0.4, -0.2) is 81.5 Å². The Kier molecular flexibility index (Phi) is 16.3. The van der Waals surface area contributed by atoms with Crippen molar-refractivity contribution in [2.45, 2.75) is 58.2 Å². The summed E-state index contributed by atoms with van der Waals surface area (Å²) in [7, 11) is 0. The zero-order chi connectivity index (χ0) is 40.8. The maximum Gasteiger partial charge on any atom is 0.490 e. The van der Waals surface area contributed by atoms with E-state index in [1.54, 1.807) is 36.5 Å². The number of piperidine rings is 1. The summed E-state index contributed by atoms with van der Waals surface area (Å²) in [4.78, 5) is 48.7. The van der Waals surface area contributed by atoms with E-state index < -0.39 is 29.9 Å². The predicted molar refractivity (Wildman–Crippen MR) is 188 cm³/mol. The van der Waals surface area contributed by atoms with E-state index in [0.717, 1.165) is 37.3 Å². The molecule has 1 aliphatic rings. The molecule has 0 aliphatic carbocycles. The molecular weight excluding hydrogens is 732 g/mol. The minimum atomic E-state index is -5.08. The number of nitrogens with zero attached hydrogens (tertiary/aromatic N) is 2. The van der Waals surface area contributed by atoms with Crippen molar-refractivity contribution in [3.8, 4) is 11.3 Å². The Bertz CT molecular complexity index is 1790. The second kappa shape index (κ2) is 19.8. The number of nitrogens with one attached hydrogen (secondary N) is 5. The molecule has 0 spiro atoms. The molecule has 11 N–H and O–H groups in total. The monoisotopic (exact) mass is 773 g/mol. The van der Waals surface area contributed by atoms with Gasteiger partial charge < -0.3 is 42.9 Å². The van der Waals surface area contributed by atoms with Crippen molar-refractivity contribution >= 4 is 40.9 Å². The summed E-state index contributed by atoms with van der Waals surface area (Å²) in [6, 6.07) is 12.6. The van der Waals surface area contributed by atoms with Crippen molar-refractivity contribution < 1.29 is 50.9 Å². The van der Waals surface area contributed by atoms with Gasteiger partial charge in [-0.05, 0) is 69.5 Å². The number of carboxylic acid groups (broad SMARTS) is 2. The summed E-state index contributed by atoms with van der Waals surface area (Å²) >= 11 is 0. The number of carboxylic acids is 2. The maximum atomic E-state index is 13.5. The third-order valence-electron chi connectivity index (χ3n) is 7.27. The molecule has 1 aliphatic heterocycles. The molecule has 0 radical (unpaired) electrons. The van der Waals surface area contributed by atoms with Crippen molar-refractivity contribution in [2.24, 2.45) is 11.7 Å². The van der Waals surface area contributed by atoms with Crippen LogP contribution in [0.15, 0.2) is 53.5 Å². The maximum absolute atomic E-state index is 13.5. The van der Waals surface area contributed by atoms with E-state index >= 15 is 0 Å². The average Bonchev–Trinajstić information content (AvgIpc) is 3.08. The summed E-state index contributed by atoms with van der Waals surface area (Å²) in [6.45, 7) is 6.76. The molecule has 0 saturated carbocycles. The molecule has 1 unspecified atom stereocenters. The number of benzene rings is 2. The van der Waals surface area contributed by atoms with Crippen molar-refractivity contribution in [1.29, 1.82) is 5.41 Å². The Morgan fingerprint density at radius 1 is 1.04 bits per heavy atom. The number of carbonyl (C=O) groups excluding carboxylic acids is 1. The van der Waals surface area contributed by atoms with Crippen LogP contribution in [0.1, 0.15) is 37.8 Å². The van der Waals surface area contributed by atoms with Crippen LogP contribution in [0.2, 0.25) is 0 Å². The second-order valence-corrected chi connectivity index (χ2v) is 12.1. The Hall–Kier alpha value is -5.86. The van der Waals surface area contributed by atoms with Crippen molar-refractivity contribution in [3.63, 3.8) is 0 Å². The summed E-state index contributed by atoms with van der Waals surface area (Å²) in [5, 5.41) is 34.6. The third kappa shape index (κ3) is 15.0. The van der Waals surface area contributed by atoms with Gasteiger partial charge in [-0.3, -0.25) is 19.6 Å². The van der Waals surface area contributed by atoms with Gasteiger partial charge in [-0.1, -0.05) is 24.3 Å². The van der Waals surface area contributed by atoms with Gasteiger partial charge in [-0.25, -0.2) is 14.6 Å². The first-order valence-electron chi connectivity index (χ1n) is 16.1. The number of halogens is 6. The summed E-state index contributed by atoms with van der Waals surface area (Å²) in [5.74, 6) is -5.15. The molecule has 1 saturated heterocycles. The van der Waals surface area contributed by atoms with Gasteiger partial charge in [0.1, 0.15) is 12.4 Å². The number of hydrogen-bond acceptors (Lipinski definition) is 10. The number of amides is 1. The molecule has 2 heterocycles. The van der Waals surface area contributed by atoms with Crippen molar-refractivity contribution in [3.05, 3.63) is 70.1 Å². The van der Waals surface area contributed by atoms with E-state index in [9.17, 15) is 35.9 Å². The summed E-state index contributed by atoms with van der Waals surface area (Å²) in [6.07, 6.45) is -6.24. The van der Waals surface area contributed by atoms with Crippen LogP contribution in [0, 0.1) is 11.3 Å². The number of nitrogens with two attached hydrogens (primary N) is 2. The number of alkyl halides is 6. The van der Waals surface area contributed by atoms with E-state index in [0.29, 0.717) is 28.4 Å². The second-order valence-electron chi connectivity index (χ2n) is 12.1. The Balaban J connectivity index is 0.000000610. The molecule has 296 valence electrons. The lowest BCUT2D eigenvalue weighted by atomic mass is 9.99. The number of rotatable bonds is 11. The first-order chi connectivity index (χ1) is 25.1. The molecule has 0 bridgehead atoms. The van der Waals surface area contributed by atoms with Gasteiger partial charge in [-0.2, -0.15) is 26.3 Å². The van der Waals surface area contributed by atoms with Crippen molar-refractivity contribution in [1.82, 2.24) is 20.2 Å². The molecular formula is C33H41F6N9O6. The first kappa shape index (κ1) is 44.3. The van der Waals surface area contributed by atoms with Crippen LogP contribution in [0.25, 0.3) is 11.3 Å². The highest BCUT2D eigenvalue weighted by atomic mass is 19.4. The van der Waals surface area contributed by atoms with Crippen LogP contribution in [0.3, 0.4) is 0 Å². The van der Waals surface area contributed by atoms with Crippen LogP contribution in [0.5, 0.6) is 0 Å². The first-order valence-corrected chi connectivity index (χ1v) is 16.1. The molecule has 1 aromatic heterocycles. The molecule has 3 aromatic rings. The predicted octanol–water partition coefficient (Wildman–Crippen LogP) is 3.59. The zero-order valence-corrected chi connectivity index (χ0v) is 29.1. The Morgan fingerprint density at radius 2 is 1.63 bits per heavy atom. The van der Waals surface area contributed by atoms with Gasteiger partial charge in [-0.15, -0.1) is 0 Å². The van der Waals surface area contributed by atoms with Crippen LogP contribution >= 0.6 is 0 Å². The average molecular weight is 774 g/mol. The van der Waals surface area contributed by atoms with Gasteiger partial charge in [0, 0.05) is 41.6 Å². The Morgan fingerprint density at radius 3 is 2.13 bits per heavy atom. The zero-order valence-electron chi connectivity index (χ0n) is 29.1. The lowest BCUT2D eigenvalue weighted by molar-refractivity contribution is -0.193. The normalized spacial score (nSPS) is 14.1. The number of aromatic nitrogens is 2. The fraction of sp³-hybridized carbons (Fsp3) is 0.394. The highest BCUT2D eigenvalue weighted by Crippen LogP contribution is 2.26. The Labute approximate surface area is 304 Å². The van der Waals surface area contributed by atoms with E-state index in [1.165, 1.54) is 11.0 Å². The molecule has 1 atom stereocenters. The third-order valence-corrected chi connectivity index (χ3v) is 7.27. The molecule has 1 amide bonds. The molecule has 21 heteroatoms. The van der Waals surface area contributed by atoms with E-state index in [2.05, 4.69) is 26.3 Å². The topological polar surface area (TPSA) is 251 Å². The molecule has 4 rings (SSSR count). The number of carbonyl (C=O) groups is 3. The number of hydrogen-bond donors (Lipinski definition) is 9. The molecule has 1 fully saturated rings. The van der Waals surface area contributed by atoms with Crippen LogP contribution in [-0.2, 0) is 27.5 Å². The fourth-order valence-corrected chi connectivity index (χ4v) is 4.71. The highest BCUT2D eigenvalue weighted by molar-refractivity contribution is 5.94. The van der Waals surface area contributed by atoms with Gasteiger partial charge in [0.05, 0.1) is 11.9 Å². The van der Waals surface area contributed by atoms with E-state index in [-0.39, 0.29) is 36.7 Å². The number of amidine groups is 1. The van der Waals surface area contributed by atoms with Gasteiger partial charge in [0.25, 0.3) is 5.56 Å². The standard InChI is InChI=1S/C29H39N9O2.2C2HF3O2/c1-18(2)37-28-29(40)38(17-26(39)35-14-19-5-7-21(8-6-19)27(31)32)25(16-36-28)22-10-23(30)12-24(11-22)34-15-20-4-3-9-33-13-20;2*3-2(4,5)1(6)7/h5-8,10-12,16,18,20,33-34H,3-4,9,13-15,17,30H2,1-2H3,(H3,31,32)(H,35,39)(H,36,37);2*(H,6,7). The fourth-order valence-electron chi connectivity index (χ4n) is 4.71. The van der Waals surface area contributed by atoms with E-state index in [4.69, 9.17) is 36.7 Å². The van der Waals surface area contributed by atoms with Gasteiger partial charge in [0.15, 0.2) is 5.82 Å². The van der Waals surface area contributed by atoms with Gasteiger partial charge in [0.2, 0.25) is 5.91 Å².